The zero-order chi connectivity index (χ0) is 30.3. The summed E-state index contributed by atoms with van der Waals surface area (Å²) in [6.45, 7) is 4.79. The van der Waals surface area contributed by atoms with Gasteiger partial charge in [-0.3, -0.25) is 0 Å². The molecule has 42 heavy (non-hydrogen) atoms. The number of esters is 2. The minimum Gasteiger partial charge on any atom is -0.493 e. The molecular weight excluding hydrogens is 549 g/mol. The van der Waals surface area contributed by atoms with E-state index in [9.17, 15) is 22.8 Å². The Morgan fingerprint density at radius 2 is 1.48 bits per heavy atom. The van der Waals surface area contributed by atoms with Crippen molar-refractivity contribution in [2.75, 3.05) is 13.2 Å². The van der Waals surface area contributed by atoms with Crippen molar-refractivity contribution in [1.82, 2.24) is 0 Å². The molecule has 1 aliphatic rings. The van der Waals surface area contributed by atoms with E-state index in [1.54, 1.807) is 12.1 Å². The summed E-state index contributed by atoms with van der Waals surface area (Å²) in [7, 11) is 0. The van der Waals surface area contributed by atoms with Gasteiger partial charge in [-0.15, -0.1) is 0 Å². The Morgan fingerprint density at radius 3 is 2.17 bits per heavy atom. The molecule has 1 saturated carbocycles. The molecule has 2 aromatic rings. The maximum atomic E-state index is 14.6. The number of unbranched alkanes of at least 4 members (excludes halogenated alkanes) is 5. The molecular formula is C33H43F3O6. The van der Waals surface area contributed by atoms with E-state index in [0.29, 0.717) is 31.6 Å². The second-order valence-electron chi connectivity index (χ2n) is 10.9. The number of halogens is 3. The molecule has 0 heterocycles. The summed E-state index contributed by atoms with van der Waals surface area (Å²) in [5.74, 6) is -3.54. The molecule has 1 aliphatic carbocycles. The highest BCUT2D eigenvalue weighted by molar-refractivity contribution is 5.91. The first-order chi connectivity index (χ1) is 20.3. The van der Waals surface area contributed by atoms with Gasteiger partial charge in [0, 0.05) is 0 Å². The summed E-state index contributed by atoms with van der Waals surface area (Å²) in [4.78, 5) is 24.4. The number of carbonyl (C=O) groups excluding carboxylic acids is 2. The summed E-state index contributed by atoms with van der Waals surface area (Å²) in [5, 5.41) is 0. The minimum atomic E-state index is -1.55. The number of hydrogen-bond donors (Lipinski definition) is 0. The Morgan fingerprint density at radius 1 is 0.810 bits per heavy atom. The molecule has 6 nitrogen and oxygen atoms in total. The van der Waals surface area contributed by atoms with Crippen LogP contribution >= 0.6 is 0 Å². The van der Waals surface area contributed by atoms with Crippen molar-refractivity contribution in [3.8, 4) is 17.2 Å². The van der Waals surface area contributed by atoms with Crippen LogP contribution in [0.25, 0.3) is 0 Å². The average molecular weight is 593 g/mol. The maximum absolute atomic E-state index is 14.6. The van der Waals surface area contributed by atoms with E-state index in [-0.39, 0.29) is 36.5 Å². The van der Waals surface area contributed by atoms with Gasteiger partial charge in [0.1, 0.15) is 17.6 Å². The zero-order valence-corrected chi connectivity index (χ0v) is 24.7. The monoisotopic (exact) mass is 592 g/mol. The highest BCUT2D eigenvalue weighted by atomic mass is 19.2. The molecule has 0 unspecified atom stereocenters. The van der Waals surface area contributed by atoms with Crippen molar-refractivity contribution in [1.29, 1.82) is 0 Å². The number of alkyl halides is 1. The SMILES string of the molecule is CCCCCCCOc1ccc(C(=O)Oc2ccc(OC[C@H]3CC[C@H](OC(=O)[C@@H](F)CCCC)CC3)cc2)c(F)c1F. The molecule has 0 spiro atoms. The van der Waals surface area contributed by atoms with E-state index in [2.05, 4.69) is 6.92 Å². The Balaban J connectivity index is 1.40. The Bertz CT molecular complexity index is 1120. The smallest absolute Gasteiger partial charge is 0.346 e. The van der Waals surface area contributed by atoms with Gasteiger partial charge < -0.3 is 18.9 Å². The van der Waals surface area contributed by atoms with Crippen molar-refractivity contribution in [3.63, 3.8) is 0 Å². The van der Waals surface area contributed by atoms with Crippen LogP contribution in [-0.4, -0.2) is 37.4 Å². The van der Waals surface area contributed by atoms with Gasteiger partial charge in [-0.2, -0.15) is 4.39 Å². The van der Waals surface area contributed by atoms with Crippen LogP contribution in [0.3, 0.4) is 0 Å². The third kappa shape index (κ3) is 10.6. The van der Waals surface area contributed by atoms with Gasteiger partial charge in [0.05, 0.1) is 18.8 Å². The molecule has 232 valence electrons. The van der Waals surface area contributed by atoms with Crippen molar-refractivity contribution in [2.45, 2.75) is 103 Å². The van der Waals surface area contributed by atoms with Crippen LogP contribution in [0, 0.1) is 17.6 Å². The molecule has 0 aliphatic heterocycles. The summed E-state index contributed by atoms with van der Waals surface area (Å²) < 4.78 is 64.7. The predicted molar refractivity (Wildman–Crippen MR) is 154 cm³/mol. The lowest BCUT2D eigenvalue weighted by molar-refractivity contribution is -0.157. The van der Waals surface area contributed by atoms with Crippen LogP contribution < -0.4 is 14.2 Å². The van der Waals surface area contributed by atoms with Crippen LogP contribution in [0.15, 0.2) is 36.4 Å². The van der Waals surface area contributed by atoms with Gasteiger partial charge in [0.25, 0.3) is 0 Å². The molecule has 1 fully saturated rings. The number of rotatable bonds is 17. The maximum Gasteiger partial charge on any atom is 0.346 e. The topological polar surface area (TPSA) is 71.1 Å². The van der Waals surface area contributed by atoms with Crippen LogP contribution in [0.4, 0.5) is 13.2 Å². The molecule has 0 bridgehead atoms. The first kappa shape index (κ1) is 33.3. The number of ether oxygens (including phenoxy) is 4. The van der Waals surface area contributed by atoms with E-state index in [0.717, 1.165) is 57.4 Å². The van der Waals surface area contributed by atoms with Crippen LogP contribution in [0.5, 0.6) is 17.2 Å². The van der Waals surface area contributed by atoms with Crippen molar-refractivity contribution >= 4 is 11.9 Å². The molecule has 0 N–H and O–H groups in total. The molecule has 0 saturated heterocycles. The normalized spacial score (nSPS) is 17.4. The van der Waals surface area contributed by atoms with E-state index in [4.69, 9.17) is 18.9 Å². The van der Waals surface area contributed by atoms with Crippen molar-refractivity contribution in [2.24, 2.45) is 5.92 Å². The minimum absolute atomic E-state index is 0.159. The fourth-order valence-electron chi connectivity index (χ4n) is 4.82. The largest absolute Gasteiger partial charge is 0.493 e. The van der Waals surface area contributed by atoms with Gasteiger partial charge in [0.2, 0.25) is 5.82 Å². The number of carbonyl (C=O) groups is 2. The molecule has 9 heteroatoms. The predicted octanol–water partition coefficient (Wildman–Crippen LogP) is 8.54. The average Bonchev–Trinajstić information content (AvgIpc) is 3.00. The lowest BCUT2D eigenvalue weighted by Gasteiger charge is -2.28. The van der Waals surface area contributed by atoms with E-state index in [1.165, 1.54) is 18.2 Å². The van der Waals surface area contributed by atoms with Crippen molar-refractivity contribution < 1.29 is 41.7 Å². The number of benzene rings is 2. The Labute approximate surface area is 246 Å². The lowest BCUT2D eigenvalue weighted by Crippen LogP contribution is -2.30. The van der Waals surface area contributed by atoms with Crippen LogP contribution in [0.2, 0.25) is 0 Å². The molecule has 2 aromatic carbocycles. The van der Waals surface area contributed by atoms with E-state index < -0.39 is 35.3 Å². The van der Waals surface area contributed by atoms with Gasteiger partial charge in [-0.25, -0.2) is 18.4 Å². The standard InChI is InChI=1S/C33H43F3O6/c1-3-5-7-8-9-21-39-29-20-19-27(30(35)31(29)36)32(37)41-26-17-15-24(16-18-26)40-22-23-11-13-25(14-12-23)42-33(38)28(34)10-6-4-2/h15-20,23,25,28H,3-14,21-22H2,1-2H3/t23-,25-,28-/m0/s1. The molecule has 1 atom stereocenters. The number of hydrogen-bond acceptors (Lipinski definition) is 6. The molecule has 0 radical (unpaired) electrons. The quantitative estimate of drug-likeness (QED) is 0.104. The van der Waals surface area contributed by atoms with Gasteiger partial charge in [0.15, 0.2) is 17.7 Å². The molecule has 0 aromatic heterocycles. The first-order valence-electron chi connectivity index (χ1n) is 15.2. The highest BCUT2D eigenvalue weighted by Gasteiger charge is 2.27. The van der Waals surface area contributed by atoms with E-state index in [1.807, 2.05) is 6.92 Å². The zero-order valence-electron chi connectivity index (χ0n) is 24.7. The van der Waals surface area contributed by atoms with Gasteiger partial charge >= 0.3 is 11.9 Å². The summed E-state index contributed by atoms with van der Waals surface area (Å²) in [6.07, 6.45) is 7.80. The molecule has 3 rings (SSSR count). The second kappa shape index (κ2) is 17.7. The first-order valence-corrected chi connectivity index (χ1v) is 15.2. The fourth-order valence-corrected chi connectivity index (χ4v) is 4.82. The van der Waals surface area contributed by atoms with Crippen molar-refractivity contribution in [3.05, 3.63) is 53.6 Å². The van der Waals surface area contributed by atoms with E-state index >= 15 is 0 Å². The van der Waals surface area contributed by atoms with Crippen LogP contribution in [-0.2, 0) is 9.53 Å². The summed E-state index contributed by atoms with van der Waals surface area (Å²) in [5.41, 5.74) is -0.521. The highest BCUT2D eigenvalue weighted by Crippen LogP contribution is 2.29. The molecule has 0 amide bonds. The van der Waals surface area contributed by atoms with Gasteiger partial charge in [-0.1, -0.05) is 52.4 Å². The Hall–Kier alpha value is -3.23. The fraction of sp³-hybridized carbons (Fsp3) is 0.576. The second-order valence-corrected chi connectivity index (χ2v) is 10.9. The summed E-state index contributed by atoms with van der Waals surface area (Å²) in [6, 6.07) is 8.67. The summed E-state index contributed by atoms with van der Waals surface area (Å²) >= 11 is 0. The third-order valence-corrected chi connectivity index (χ3v) is 7.44. The van der Waals surface area contributed by atoms with Crippen LogP contribution in [0.1, 0.15) is 101 Å². The van der Waals surface area contributed by atoms with Gasteiger partial charge in [-0.05, 0) is 80.8 Å². The third-order valence-electron chi connectivity index (χ3n) is 7.44. The Kier molecular flexibility index (Phi) is 14.0. The lowest BCUT2D eigenvalue weighted by atomic mass is 9.88.